The average molecular weight is 653 g/mol. The highest BCUT2D eigenvalue weighted by Crippen LogP contribution is 2.23. The fourth-order valence-electron chi connectivity index (χ4n) is 4.27. The molecule has 2 aromatic rings. The lowest BCUT2D eigenvalue weighted by atomic mass is 9.97. The van der Waals surface area contributed by atoms with E-state index in [0.29, 0.717) is 49.1 Å². The third kappa shape index (κ3) is 13.1. The summed E-state index contributed by atoms with van der Waals surface area (Å²) < 4.78 is 36.5. The van der Waals surface area contributed by atoms with E-state index in [-0.39, 0.29) is 11.6 Å². The van der Waals surface area contributed by atoms with Crippen LogP contribution < -0.4 is 9.47 Å². The number of carbonyl (C=O) groups excluding carboxylic acids is 2. The van der Waals surface area contributed by atoms with Crippen LogP contribution >= 0.6 is 0 Å². The highest BCUT2D eigenvalue weighted by Gasteiger charge is 2.42. The minimum atomic E-state index is -2.60. The van der Waals surface area contributed by atoms with Gasteiger partial charge in [0.15, 0.2) is 11.6 Å². The van der Waals surface area contributed by atoms with E-state index in [0.717, 1.165) is 0 Å². The molecule has 13 heteroatoms. The largest absolute Gasteiger partial charge is 0.491 e. The molecule has 0 aliphatic heterocycles. The van der Waals surface area contributed by atoms with Gasteiger partial charge in [0, 0.05) is 11.1 Å². The Morgan fingerprint density at radius 3 is 1.14 bits per heavy atom. The minimum Gasteiger partial charge on any atom is -0.491 e. The van der Waals surface area contributed by atoms with Crippen molar-refractivity contribution in [3.8, 4) is 11.5 Å². The molecule has 2 rings (SSSR count). The molecule has 43 heavy (non-hydrogen) atoms. The van der Waals surface area contributed by atoms with E-state index in [4.69, 9.17) is 26.6 Å². The maximum Gasteiger partial charge on any atom is 0.323 e. The summed E-state index contributed by atoms with van der Waals surface area (Å²) in [7, 11) is -7.68. The minimum absolute atomic E-state index is 0.309. The molecule has 2 N–H and O–H groups in total. The molecule has 0 radical (unpaired) electrons. The monoisotopic (exact) mass is 652 g/mol. The van der Waals surface area contributed by atoms with Gasteiger partial charge in [-0.3, -0.25) is 9.59 Å². The number of ether oxygens (including phenoxy) is 2. The Morgan fingerprint density at radius 1 is 0.558 bits per heavy atom. The van der Waals surface area contributed by atoms with Crippen LogP contribution in [0.25, 0.3) is 0 Å². The molecule has 0 atom stereocenters. The Kier molecular flexibility index (Phi) is 12.7. The standard InChI is InChI=1S/C30H48O10Si3/c1-29(2,33)27(31)23-11-15-25(16-12-23)35-19-21-37-41(5,6)39-43(9,10)40-42(7,8)38-22-20-36-26-17-13-24(14-18-26)28(32)30(3,4)34/h11-18,33-34H,19-22H2,1-10H3. The molecule has 0 unspecified atom stereocenters. The summed E-state index contributed by atoms with van der Waals surface area (Å²) >= 11 is 0. The summed E-state index contributed by atoms with van der Waals surface area (Å²) in [6, 6.07) is 13.3. The fraction of sp³-hybridized carbons (Fsp3) is 0.533. The van der Waals surface area contributed by atoms with Crippen LogP contribution in [0.3, 0.4) is 0 Å². The molecular weight excluding hydrogens is 605 g/mol. The van der Waals surface area contributed by atoms with Gasteiger partial charge in [-0.15, -0.1) is 0 Å². The van der Waals surface area contributed by atoms with E-state index in [1.807, 2.05) is 39.3 Å². The number of ketones is 2. The number of hydrogen-bond donors (Lipinski definition) is 2. The maximum atomic E-state index is 12.2. The zero-order valence-electron chi connectivity index (χ0n) is 27.1. The first-order valence-electron chi connectivity index (χ1n) is 14.3. The van der Waals surface area contributed by atoms with E-state index in [1.54, 1.807) is 48.5 Å². The van der Waals surface area contributed by atoms with Crippen molar-refractivity contribution in [1.82, 2.24) is 0 Å². The van der Waals surface area contributed by atoms with Gasteiger partial charge in [-0.05, 0) is 116 Å². The Balaban J connectivity index is 1.75. The zero-order chi connectivity index (χ0) is 32.7. The number of Topliss-reactive ketones (excluding diaryl/α,β-unsaturated/α-hetero) is 2. The maximum absolute atomic E-state index is 12.2. The Morgan fingerprint density at radius 2 is 0.860 bits per heavy atom. The number of benzene rings is 2. The summed E-state index contributed by atoms with van der Waals surface area (Å²) in [5, 5.41) is 19.8. The van der Waals surface area contributed by atoms with Crippen LogP contribution in [-0.2, 0) is 17.1 Å². The topological polar surface area (TPSA) is 130 Å². The van der Waals surface area contributed by atoms with Crippen LogP contribution in [0, 0.1) is 0 Å². The molecular formula is C30H48O10Si3. The van der Waals surface area contributed by atoms with Crippen molar-refractivity contribution in [2.75, 3.05) is 26.4 Å². The van der Waals surface area contributed by atoms with Gasteiger partial charge in [0.05, 0.1) is 13.2 Å². The summed E-state index contributed by atoms with van der Waals surface area (Å²) in [5.74, 6) is 0.495. The Hall–Kier alpha value is -2.21. The molecule has 0 saturated carbocycles. The summed E-state index contributed by atoms with van der Waals surface area (Å²) in [5.41, 5.74) is -2.02. The zero-order valence-corrected chi connectivity index (χ0v) is 30.1. The van der Waals surface area contributed by atoms with Crippen LogP contribution in [0.1, 0.15) is 48.4 Å². The lowest BCUT2D eigenvalue weighted by Crippen LogP contribution is -2.54. The molecule has 0 bridgehead atoms. The van der Waals surface area contributed by atoms with Crippen molar-refractivity contribution in [3.05, 3.63) is 59.7 Å². The smallest absolute Gasteiger partial charge is 0.323 e. The summed E-state index contributed by atoms with van der Waals surface area (Å²) in [6.45, 7) is 18.9. The highest BCUT2D eigenvalue weighted by molar-refractivity contribution is 6.84. The highest BCUT2D eigenvalue weighted by atomic mass is 28.5. The van der Waals surface area contributed by atoms with Gasteiger partial charge in [-0.25, -0.2) is 0 Å². The average Bonchev–Trinajstić information content (AvgIpc) is 2.86. The molecule has 0 aromatic heterocycles. The Labute approximate surface area is 259 Å². The molecule has 0 aliphatic rings. The normalized spacial score (nSPS) is 13.1. The van der Waals surface area contributed by atoms with Crippen molar-refractivity contribution in [3.63, 3.8) is 0 Å². The molecule has 240 valence electrons. The van der Waals surface area contributed by atoms with Crippen molar-refractivity contribution in [2.24, 2.45) is 0 Å². The van der Waals surface area contributed by atoms with E-state index in [2.05, 4.69) is 0 Å². The molecule has 10 nitrogen and oxygen atoms in total. The molecule has 0 fully saturated rings. The number of aliphatic hydroxyl groups is 2. The van der Waals surface area contributed by atoms with Crippen LogP contribution in [0.2, 0.25) is 39.3 Å². The SMILES string of the molecule is CC(C)(O)C(=O)c1ccc(OCCO[Si](C)(C)O[Si](C)(C)O[Si](C)(C)OCCOc2ccc(C(=O)C(C)(C)O)cc2)cc1. The van der Waals surface area contributed by atoms with Crippen molar-refractivity contribution < 1.29 is 46.4 Å². The number of hydrogen-bond acceptors (Lipinski definition) is 10. The lowest BCUT2D eigenvalue weighted by molar-refractivity contribution is 0.0487. The first kappa shape index (κ1) is 37.0. The van der Waals surface area contributed by atoms with E-state index >= 15 is 0 Å². The fourth-order valence-corrected chi connectivity index (χ4v) is 15.9. The van der Waals surface area contributed by atoms with Crippen LogP contribution in [0.15, 0.2) is 48.5 Å². The third-order valence-corrected chi connectivity index (χ3v) is 15.6. The number of rotatable bonds is 18. The van der Waals surface area contributed by atoms with Crippen LogP contribution in [0.5, 0.6) is 11.5 Å². The van der Waals surface area contributed by atoms with Gasteiger partial charge in [0.2, 0.25) is 0 Å². The molecule has 2 aromatic carbocycles. The predicted octanol–water partition coefficient (Wildman–Crippen LogP) is 5.22. The predicted molar refractivity (Wildman–Crippen MR) is 172 cm³/mol. The van der Waals surface area contributed by atoms with Crippen molar-refractivity contribution in [2.45, 2.75) is 78.2 Å². The van der Waals surface area contributed by atoms with Gasteiger partial charge in [-0.1, -0.05) is 0 Å². The molecule has 0 spiro atoms. The molecule has 0 amide bonds. The van der Waals surface area contributed by atoms with E-state index < -0.39 is 36.9 Å². The third-order valence-electron chi connectivity index (χ3n) is 5.93. The van der Waals surface area contributed by atoms with Crippen molar-refractivity contribution in [1.29, 1.82) is 0 Å². The van der Waals surface area contributed by atoms with Crippen molar-refractivity contribution >= 4 is 37.2 Å². The quantitative estimate of drug-likeness (QED) is 0.126. The molecule has 0 heterocycles. The van der Waals surface area contributed by atoms with Gasteiger partial charge in [-0.2, -0.15) is 0 Å². The molecule has 0 aliphatic carbocycles. The first-order valence-corrected chi connectivity index (χ1v) is 22.7. The summed E-state index contributed by atoms with van der Waals surface area (Å²) in [4.78, 5) is 24.3. The second-order valence-electron chi connectivity index (χ2n) is 12.6. The van der Waals surface area contributed by atoms with Crippen LogP contribution in [0.4, 0.5) is 0 Å². The van der Waals surface area contributed by atoms with Gasteiger partial charge in [0.1, 0.15) is 35.9 Å². The Bertz CT molecular complexity index is 1110. The van der Waals surface area contributed by atoms with Crippen LogP contribution in [-0.4, -0.2) is 85.1 Å². The molecule has 0 saturated heterocycles. The lowest BCUT2D eigenvalue weighted by Gasteiger charge is -2.37. The second-order valence-corrected chi connectivity index (χ2v) is 23.2. The van der Waals surface area contributed by atoms with E-state index in [9.17, 15) is 19.8 Å². The van der Waals surface area contributed by atoms with E-state index in [1.165, 1.54) is 27.7 Å². The number of carbonyl (C=O) groups is 2. The first-order chi connectivity index (χ1) is 19.6. The second kappa shape index (κ2) is 14.7. The van der Waals surface area contributed by atoms with Gasteiger partial charge >= 0.3 is 25.7 Å². The van der Waals surface area contributed by atoms with Gasteiger partial charge in [0.25, 0.3) is 0 Å². The van der Waals surface area contributed by atoms with Gasteiger partial charge < -0.3 is 36.8 Å². The summed E-state index contributed by atoms with van der Waals surface area (Å²) in [6.07, 6.45) is 0.